The minimum atomic E-state index is -0.938. The molecule has 11 nitrogen and oxygen atoms in total. The van der Waals surface area contributed by atoms with Gasteiger partial charge < -0.3 is 15.5 Å². The number of nitrogen functional groups attached to an aromatic ring is 1. The van der Waals surface area contributed by atoms with Gasteiger partial charge in [-0.2, -0.15) is 24.7 Å². The highest BCUT2D eigenvalue weighted by atomic mass is 16.3. The van der Waals surface area contributed by atoms with Crippen molar-refractivity contribution in [2.24, 2.45) is 5.84 Å². The van der Waals surface area contributed by atoms with Crippen molar-refractivity contribution in [2.45, 2.75) is 18.9 Å². The average Bonchev–Trinajstić information content (AvgIpc) is 3.07. The third-order valence-corrected chi connectivity index (χ3v) is 3.04. The van der Waals surface area contributed by atoms with Crippen molar-refractivity contribution in [2.75, 3.05) is 24.0 Å². The van der Waals surface area contributed by atoms with E-state index in [1.54, 1.807) is 0 Å². The molecule has 6 N–H and O–H groups in total. The van der Waals surface area contributed by atoms with Gasteiger partial charge in [-0.3, -0.25) is 5.43 Å². The molecule has 0 aromatic carbocycles. The Morgan fingerprint density at radius 1 is 1.24 bits per heavy atom. The lowest BCUT2D eigenvalue weighted by atomic mass is 9.99. The molecule has 0 radical (unpaired) electrons. The van der Waals surface area contributed by atoms with Crippen molar-refractivity contribution >= 4 is 11.9 Å². The van der Waals surface area contributed by atoms with Gasteiger partial charge >= 0.3 is 0 Å². The average molecular weight is 295 g/mol. The quantitative estimate of drug-likeness (QED) is 0.293. The molecular formula is C10H17N9O2. The van der Waals surface area contributed by atoms with Crippen LogP contribution in [-0.2, 0) is 0 Å². The zero-order valence-electron chi connectivity index (χ0n) is 11.4. The second-order valence-corrected chi connectivity index (χ2v) is 4.34. The molecule has 0 amide bonds. The molecule has 11 heteroatoms. The predicted octanol–water partition coefficient (Wildman–Crippen LogP) is -1.72. The van der Waals surface area contributed by atoms with Crippen LogP contribution in [0.5, 0.6) is 0 Å². The number of anilines is 2. The van der Waals surface area contributed by atoms with Crippen LogP contribution in [0.4, 0.5) is 11.9 Å². The normalized spacial score (nSPS) is 11.4. The lowest BCUT2D eigenvalue weighted by Gasteiger charge is -2.29. The van der Waals surface area contributed by atoms with E-state index in [1.807, 2.05) is 6.92 Å². The standard InChI is InChI=1S/C10H17N9O2/c1-2-10(3-20,4-21)17-7-14-8(18-11)16-9(15-7)19-6-12-5-13-19/h5-6,20-21H,2-4,11H2,1H3,(H2,14,15,16,17,18). The van der Waals surface area contributed by atoms with Crippen LogP contribution >= 0.6 is 0 Å². The molecule has 0 aliphatic heterocycles. The van der Waals surface area contributed by atoms with Crippen LogP contribution in [0.25, 0.3) is 5.95 Å². The minimum absolute atomic E-state index is 0.110. The maximum absolute atomic E-state index is 9.46. The third-order valence-electron chi connectivity index (χ3n) is 3.04. The molecule has 2 rings (SSSR count). The lowest BCUT2D eigenvalue weighted by Crippen LogP contribution is -2.45. The first-order valence-corrected chi connectivity index (χ1v) is 6.24. The fourth-order valence-electron chi connectivity index (χ4n) is 1.58. The fraction of sp³-hybridized carbons (Fsp3) is 0.500. The van der Waals surface area contributed by atoms with E-state index in [4.69, 9.17) is 5.84 Å². The van der Waals surface area contributed by atoms with Crippen molar-refractivity contribution in [1.82, 2.24) is 29.7 Å². The number of rotatable bonds is 7. The predicted molar refractivity (Wildman–Crippen MR) is 73.4 cm³/mol. The Bertz CT molecular complexity index is 562. The molecule has 2 aromatic rings. The van der Waals surface area contributed by atoms with Gasteiger partial charge in [0.15, 0.2) is 0 Å². The Morgan fingerprint density at radius 2 is 1.95 bits per heavy atom. The van der Waals surface area contributed by atoms with Gasteiger partial charge in [-0.1, -0.05) is 6.92 Å². The van der Waals surface area contributed by atoms with Crippen LogP contribution < -0.4 is 16.6 Å². The molecule has 114 valence electrons. The van der Waals surface area contributed by atoms with E-state index < -0.39 is 5.54 Å². The molecule has 0 atom stereocenters. The Hall–Kier alpha value is -2.37. The Labute approximate surface area is 120 Å². The van der Waals surface area contributed by atoms with Crippen LogP contribution in [0.2, 0.25) is 0 Å². The van der Waals surface area contributed by atoms with Crippen LogP contribution in [0.3, 0.4) is 0 Å². The summed E-state index contributed by atoms with van der Waals surface area (Å²) >= 11 is 0. The zero-order chi connectivity index (χ0) is 15.3. The van der Waals surface area contributed by atoms with Crippen molar-refractivity contribution in [3.05, 3.63) is 12.7 Å². The molecule has 0 unspecified atom stereocenters. The van der Waals surface area contributed by atoms with E-state index >= 15 is 0 Å². The van der Waals surface area contributed by atoms with E-state index in [0.29, 0.717) is 6.42 Å². The molecule has 0 aliphatic carbocycles. The summed E-state index contributed by atoms with van der Waals surface area (Å²) in [6, 6.07) is 0. The van der Waals surface area contributed by atoms with Crippen LogP contribution in [0, 0.1) is 0 Å². The molecule has 21 heavy (non-hydrogen) atoms. The van der Waals surface area contributed by atoms with E-state index in [0.717, 1.165) is 0 Å². The highest BCUT2D eigenvalue weighted by Crippen LogP contribution is 2.16. The molecule has 0 aliphatic rings. The largest absolute Gasteiger partial charge is 0.394 e. The van der Waals surface area contributed by atoms with Gasteiger partial charge in [-0.25, -0.2) is 10.8 Å². The summed E-state index contributed by atoms with van der Waals surface area (Å²) in [6.45, 7) is 1.26. The Balaban J connectivity index is 2.37. The monoisotopic (exact) mass is 295 g/mol. The molecule has 0 bridgehead atoms. The first-order valence-electron chi connectivity index (χ1n) is 6.24. The molecule has 0 fully saturated rings. The zero-order valence-corrected chi connectivity index (χ0v) is 11.4. The van der Waals surface area contributed by atoms with Gasteiger partial charge in [0, 0.05) is 0 Å². The van der Waals surface area contributed by atoms with Crippen molar-refractivity contribution < 1.29 is 10.2 Å². The highest BCUT2D eigenvalue weighted by molar-refractivity contribution is 5.39. The number of nitrogens with zero attached hydrogens (tertiary/aromatic N) is 6. The molecule has 0 spiro atoms. The van der Waals surface area contributed by atoms with Crippen molar-refractivity contribution in [3.63, 3.8) is 0 Å². The van der Waals surface area contributed by atoms with Crippen LogP contribution in [-0.4, -0.2) is 58.7 Å². The number of nitrogens with one attached hydrogen (secondary N) is 2. The van der Waals surface area contributed by atoms with Gasteiger partial charge in [-0.05, 0) is 6.42 Å². The maximum atomic E-state index is 9.46. The van der Waals surface area contributed by atoms with Gasteiger partial charge in [-0.15, -0.1) is 0 Å². The summed E-state index contributed by atoms with van der Waals surface area (Å²) in [4.78, 5) is 16.0. The van der Waals surface area contributed by atoms with Crippen molar-refractivity contribution in [1.29, 1.82) is 0 Å². The number of aliphatic hydroxyl groups is 2. The third kappa shape index (κ3) is 3.21. The summed E-state index contributed by atoms with van der Waals surface area (Å²) in [5.41, 5.74) is 1.38. The van der Waals surface area contributed by atoms with E-state index in [-0.39, 0.29) is 31.1 Å². The molecule has 2 aromatic heterocycles. The van der Waals surface area contributed by atoms with Crippen molar-refractivity contribution in [3.8, 4) is 5.95 Å². The highest BCUT2D eigenvalue weighted by Gasteiger charge is 2.28. The van der Waals surface area contributed by atoms with Gasteiger partial charge in [0.25, 0.3) is 5.95 Å². The number of hydrogen-bond donors (Lipinski definition) is 5. The smallest absolute Gasteiger partial charge is 0.258 e. The van der Waals surface area contributed by atoms with Crippen LogP contribution in [0.1, 0.15) is 13.3 Å². The summed E-state index contributed by atoms with van der Waals surface area (Å²) in [5.74, 6) is 5.78. The lowest BCUT2D eigenvalue weighted by molar-refractivity contribution is 0.132. The number of nitrogens with two attached hydrogens (primary N) is 1. The summed E-state index contributed by atoms with van der Waals surface area (Å²) in [6.07, 6.45) is 3.23. The van der Waals surface area contributed by atoms with E-state index in [1.165, 1.54) is 17.3 Å². The number of hydrogen-bond acceptors (Lipinski definition) is 10. The first-order chi connectivity index (χ1) is 10.2. The maximum Gasteiger partial charge on any atom is 0.258 e. The first kappa shape index (κ1) is 15.0. The van der Waals surface area contributed by atoms with Gasteiger partial charge in [0.2, 0.25) is 11.9 Å². The van der Waals surface area contributed by atoms with E-state index in [2.05, 4.69) is 35.8 Å². The fourth-order valence-corrected chi connectivity index (χ4v) is 1.58. The minimum Gasteiger partial charge on any atom is -0.394 e. The topological polar surface area (TPSA) is 160 Å². The summed E-state index contributed by atoms with van der Waals surface area (Å²) in [5, 5.41) is 25.7. The second-order valence-electron chi connectivity index (χ2n) is 4.34. The van der Waals surface area contributed by atoms with Gasteiger partial charge in [0.1, 0.15) is 12.7 Å². The molecule has 0 saturated heterocycles. The van der Waals surface area contributed by atoms with Crippen LogP contribution in [0.15, 0.2) is 12.7 Å². The Morgan fingerprint density at radius 3 is 2.48 bits per heavy atom. The SMILES string of the molecule is CCC(CO)(CO)Nc1nc(NN)nc(-n2cncn2)n1. The Kier molecular flexibility index (Phi) is 4.57. The van der Waals surface area contributed by atoms with E-state index in [9.17, 15) is 10.2 Å². The summed E-state index contributed by atoms with van der Waals surface area (Å²) in [7, 11) is 0. The molecule has 2 heterocycles. The second kappa shape index (κ2) is 6.39. The number of aromatic nitrogens is 6. The molecule has 0 saturated carbocycles. The molecular weight excluding hydrogens is 278 g/mol. The number of aliphatic hydroxyl groups excluding tert-OH is 2. The number of hydrazine groups is 1. The van der Waals surface area contributed by atoms with Gasteiger partial charge in [0.05, 0.1) is 18.8 Å². The summed E-state index contributed by atoms with van der Waals surface area (Å²) < 4.78 is 1.33.